The van der Waals surface area contributed by atoms with Crippen molar-refractivity contribution in [2.24, 2.45) is 5.92 Å². The minimum atomic E-state index is 0.812. The first-order valence-corrected chi connectivity index (χ1v) is 11.3. The summed E-state index contributed by atoms with van der Waals surface area (Å²) in [6.07, 6.45) is 6.86. The zero-order valence-corrected chi connectivity index (χ0v) is 17.5. The maximum Gasteiger partial charge on any atom is 0.225 e. The zero-order chi connectivity index (χ0) is 19.7. The van der Waals surface area contributed by atoms with Crippen LogP contribution in [-0.2, 0) is 0 Å². The minimum absolute atomic E-state index is 0.812. The summed E-state index contributed by atoms with van der Waals surface area (Å²) < 4.78 is 3.48. The van der Waals surface area contributed by atoms with Crippen LogP contribution in [0, 0.1) is 5.92 Å². The second-order valence-corrected chi connectivity index (χ2v) is 8.45. The molecule has 2 heterocycles. The van der Waals surface area contributed by atoms with Crippen LogP contribution in [0.3, 0.4) is 0 Å². The largest absolute Gasteiger partial charge is 0.341 e. The van der Waals surface area contributed by atoms with E-state index >= 15 is 0 Å². The first-order chi connectivity index (χ1) is 14.4. The molecule has 0 amide bonds. The Hall–Kier alpha value is -2.37. The maximum atomic E-state index is 4.81. The molecule has 1 fully saturated rings. The molecule has 3 aromatic rings. The smallest absolute Gasteiger partial charge is 0.225 e. The van der Waals surface area contributed by atoms with Crippen molar-refractivity contribution in [1.82, 2.24) is 14.7 Å². The van der Waals surface area contributed by atoms with Crippen molar-refractivity contribution < 1.29 is 0 Å². The first kappa shape index (κ1) is 19.9. The van der Waals surface area contributed by atoms with Crippen LogP contribution >= 0.6 is 11.9 Å². The molecule has 1 saturated heterocycles. The van der Waals surface area contributed by atoms with Crippen LogP contribution in [0.15, 0.2) is 77.8 Å². The van der Waals surface area contributed by atoms with Gasteiger partial charge in [0.2, 0.25) is 5.95 Å². The predicted molar refractivity (Wildman–Crippen MR) is 122 cm³/mol. The SMILES string of the molecule is c1ccc(SNCCCC2CCN(c3nccc(-c4ccccc4)n3)CC2)cc1. The van der Waals surface area contributed by atoms with Crippen LogP contribution in [0.5, 0.6) is 0 Å². The highest BCUT2D eigenvalue weighted by molar-refractivity contribution is 7.97. The van der Waals surface area contributed by atoms with Gasteiger partial charge >= 0.3 is 0 Å². The van der Waals surface area contributed by atoms with Gasteiger partial charge in [0.25, 0.3) is 0 Å². The molecule has 4 nitrogen and oxygen atoms in total. The van der Waals surface area contributed by atoms with Gasteiger partial charge in [0.1, 0.15) is 0 Å². The number of nitrogens with zero attached hydrogens (tertiary/aromatic N) is 3. The van der Waals surface area contributed by atoms with Crippen molar-refractivity contribution in [3.8, 4) is 11.3 Å². The molecule has 0 radical (unpaired) electrons. The molecule has 2 aromatic carbocycles. The van der Waals surface area contributed by atoms with E-state index in [4.69, 9.17) is 4.98 Å². The summed E-state index contributed by atoms with van der Waals surface area (Å²) in [5.41, 5.74) is 2.15. The Kier molecular flexibility index (Phi) is 7.16. The third-order valence-electron chi connectivity index (χ3n) is 5.43. The van der Waals surface area contributed by atoms with E-state index in [2.05, 4.69) is 69.2 Å². The summed E-state index contributed by atoms with van der Waals surface area (Å²) in [5.74, 6) is 1.68. The van der Waals surface area contributed by atoms with E-state index in [-0.39, 0.29) is 0 Å². The molecule has 1 N–H and O–H groups in total. The van der Waals surface area contributed by atoms with Gasteiger partial charge in [-0.2, -0.15) is 0 Å². The van der Waals surface area contributed by atoms with E-state index in [1.54, 1.807) is 11.9 Å². The molecule has 1 aromatic heterocycles. The van der Waals surface area contributed by atoms with Crippen molar-refractivity contribution in [2.45, 2.75) is 30.6 Å². The Balaban J connectivity index is 1.20. The fourth-order valence-electron chi connectivity index (χ4n) is 3.78. The Bertz CT molecular complexity index is 864. The van der Waals surface area contributed by atoms with E-state index < -0.39 is 0 Å². The summed E-state index contributed by atoms with van der Waals surface area (Å²) in [5, 5.41) is 0. The average molecular weight is 405 g/mol. The molecule has 0 atom stereocenters. The molecule has 4 rings (SSSR count). The zero-order valence-electron chi connectivity index (χ0n) is 16.7. The molecule has 0 aliphatic carbocycles. The lowest BCUT2D eigenvalue weighted by Crippen LogP contribution is -2.35. The van der Waals surface area contributed by atoms with Gasteiger partial charge in [-0.05, 0) is 61.7 Å². The Morgan fingerprint density at radius 2 is 1.66 bits per heavy atom. The van der Waals surface area contributed by atoms with E-state index in [9.17, 15) is 0 Å². The minimum Gasteiger partial charge on any atom is -0.341 e. The summed E-state index contributed by atoms with van der Waals surface area (Å²) in [6, 6.07) is 22.8. The van der Waals surface area contributed by atoms with E-state index in [0.717, 1.165) is 42.8 Å². The van der Waals surface area contributed by atoms with Crippen LogP contribution in [0.2, 0.25) is 0 Å². The molecule has 1 aliphatic heterocycles. The topological polar surface area (TPSA) is 41.0 Å². The van der Waals surface area contributed by atoms with Gasteiger partial charge in [-0.25, -0.2) is 9.97 Å². The van der Waals surface area contributed by atoms with E-state index in [0.29, 0.717) is 0 Å². The van der Waals surface area contributed by atoms with Crippen molar-refractivity contribution in [1.29, 1.82) is 0 Å². The number of aromatic nitrogens is 2. The van der Waals surface area contributed by atoms with Gasteiger partial charge in [-0.15, -0.1) is 0 Å². The van der Waals surface area contributed by atoms with Crippen molar-refractivity contribution in [2.75, 3.05) is 24.5 Å². The van der Waals surface area contributed by atoms with Gasteiger partial charge in [0.05, 0.1) is 5.69 Å². The number of nitrogens with one attached hydrogen (secondary N) is 1. The lowest BCUT2D eigenvalue weighted by atomic mass is 9.92. The molecule has 0 bridgehead atoms. The Morgan fingerprint density at radius 1 is 0.931 bits per heavy atom. The van der Waals surface area contributed by atoms with Gasteiger partial charge in [0.15, 0.2) is 0 Å². The molecular formula is C24H28N4S. The van der Waals surface area contributed by atoms with Crippen LogP contribution in [0.1, 0.15) is 25.7 Å². The highest BCUT2D eigenvalue weighted by Gasteiger charge is 2.21. The standard InChI is InChI=1S/C24H28N4S/c1-3-9-21(10-4-1)23-13-17-25-24(27-23)28-18-14-20(15-19-28)8-7-16-26-29-22-11-5-2-6-12-22/h1-6,9-13,17,20,26H,7-8,14-16,18-19H2. The lowest BCUT2D eigenvalue weighted by molar-refractivity contribution is 0.371. The second-order valence-electron chi connectivity index (χ2n) is 7.49. The summed E-state index contributed by atoms with van der Waals surface area (Å²) in [7, 11) is 0. The third kappa shape index (κ3) is 5.81. The predicted octanol–water partition coefficient (Wildman–Crippen LogP) is 5.44. The van der Waals surface area contributed by atoms with E-state index in [1.165, 1.54) is 30.6 Å². The first-order valence-electron chi connectivity index (χ1n) is 10.5. The van der Waals surface area contributed by atoms with Gasteiger partial charge in [-0.1, -0.05) is 48.5 Å². The monoisotopic (exact) mass is 404 g/mol. The molecule has 0 spiro atoms. The molecule has 0 unspecified atom stereocenters. The number of benzene rings is 2. The fourth-order valence-corrected chi connectivity index (χ4v) is 4.48. The number of anilines is 1. The lowest BCUT2D eigenvalue weighted by Gasteiger charge is -2.32. The Labute approximate surface area is 177 Å². The van der Waals surface area contributed by atoms with Crippen LogP contribution in [0.25, 0.3) is 11.3 Å². The highest BCUT2D eigenvalue weighted by atomic mass is 32.2. The number of rotatable bonds is 8. The summed E-state index contributed by atoms with van der Waals surface area (Å²) >= 11 is 1.73. The van der Waals surface area contributed by atoms with Crippen LogP contribution < -0.4 is 9.62 Å². The molecule has 29 heavy (non-hydrogen) atoms. The van der Waals surface area contributed by atoms with Gasteiger partial charge in [0, 0.05) is 36.3 Å². The highest BCUT2D eigenvalue weighted by Crippen LogP contribution is 2.25. The number of hydrogen-bond donors (Lipinski definition) is 1. The quantitative estimate of drug-likeness (QED) is 0.400. The van der Waals surface area contributed by atoms with Crippen LogP contribution in [0.4, 0.5) is 5.95 Å². The Morgan fingerprint density at radius 3 is 2.41 bits per heavy atom. The average Bonchev–Trinajstić information content (AvgIpc) is 2.81. The van der Waals surface area contributed by atoms with Crippen molar-refractivity contribution >= 4 is 17.9 Å². The summed E-state index contributed by atoms with van der Waals surface area (Å²) in [6.45, 7) is 3.16. The summed E-state index contributed by atoms with van der Waals surface area (Å²) in [4.78, 5) is 13.0. The molecule has 1 aliphatic rings. The maximum absolute atomic E-state index is 4.81. The van der Waals surface area contributed by atoms with E-state index in [1.807, 2.05) is 18.3 Å². The molecular weight excluding hydrogens is 376 g/mol. The number of piperidine rings is 1. The number of hydrogen-bond acceptors (Lipinski definition) is 5. The van der Waals surface area contributed by atoms with Crippen molar-refractivity contribution in [3.05, 3.63) is 72.9 Å². The third-order valence-corrected chi connectivity index (χ3v) is 6.29. The molecule has 5 heteroatoms. The van der Waals surface area contributed by atoms with Gasteiger partial charge < -0.3 is 4.90 Å². The second kappa shape index (κ2) is 10.4. The fraction of sp³-hybridized carbons (Fsp3) is 0.333. The van der Waals surface area contributed by atoms with Crippen molar-refractivity contribution in [3.63, 3.8) is 0 Å². The van der Waals surface area contributed by atoms with Crippen LogP contribution in [-0.4, -0.2) is 29.6 Å². The molecule has 150 valence electrons. The normalized spacial score (nSPS) is 14.8. The molecule has 0 saturated carbocycles. The van der Waals surface area contributed by atoms with Gasteiger partial charge in [-0.3, -0.25) is 4.72 Å².